The van der Waals surface area contributed by atoms with E-state index in [-0.39, 0.29) is 12.5 Å². The molecule has 0 heterocycles. The monoisotopic (exact) mass is 239 g/mol. The minimum absolute atomic E-state index is 0.0478. The predicted molar refractivity (Wildman–Crippen MR) is 70.4 cm³/mol. The first-order valence-corrected chi connectivity index (χ1v) is 6.56. The second kappa shape index (κ2) is 11.5. The summed E-state index contributed by atoms with van der Waals surface area (Å²) in [7, 11) is 0. The van der Waals surface area contributed by atoms with Gasteiger partial charge in [0.1, 0.15) is 6.61 Å². The molecule has 0 spiro atoms. The minimum Gasteiger partial charge on any atom is -0.384 e. The molecule has 0 aromatic rings. The standard InChI is InChI=1S/C14H25NO2/c1-3-8-14(17)15-11-6-4-5-9-13(2)10-7-12-16/h13,16H,3-6,8-9,11-12H2,1-2H3,(H,15,17). The Labute approximate surface area is 105 Å². The van der Waals surface area contributed by atoms with Crippen LogP contribution in [-0.2, 0) is 4.79 Å². The van der Waals surface area contributed by atoms with Crippen molar-refractivity contribution in [3.63, 3.8) is 0 Å². The van der Waals surface area contributed by atoms with Gasteiger partial charge in [-0.25, -0.2) is 0 Å². The molecule has 3 nitrogen and oxygen atoms in total. The van der Waals surface area contributed by atoms with E-state index in [2.05, 4.69) is 24.1 Å². The van der Waals surface area contributed by atoms with E-state index in [0.29, 0.717) is 12.3 Å². The molecule has 0 saturated carbocycles. The molecule has 0 fully saturated rings. The number of hydrogen-bond acceptors (Lipinski definition) is 2. The van der Waals surface area contributed by atoms with Gasteiger partial charge < -0.3 is 10.4 Å². The Balaban J connectivity index is 3.32. The number of carbonyl (C=O) groups excluding carboxylic acids is 1. The smallest absolute Gasteiger partial charge is 0.219 e. The number of amides is 1. The first kappa shape index (κ1) is 16.0. The summed E-state index contributed by atoms with van der Waals surface area (Å²) < 4.78 is 0. The molecule has 2 N–H and O–H groups in total. The van der Waals surface area contributed by atoms with Crippen molar-refractivity contribution >= 4 is 5.91 Å². The van der Waals surface area contributed by atoms with E-state index in [1.54, 1.807) is 0 Å². The molecular formula is C14H25NO2. The highest BCUT2D eigenvalue weighted by atomic mass is 16.2. The maximum atomic E-state index is 11.1. The summed E-state index contributed by atoms with van der Waals surface area (Å²) in [5, 5.41) is 11.4. The zero-order valence-corrected chi connectivity index (χ0v) is 11.1. The van der Waals surface area contributed by atoms with E-state index in [1.165, 1.54) is 0 Å². The third kappa shape index (κ3) is 11.3. The molecule has 1 unspecified atom stereocenters. The van der Waals surface area contributed by atoms with Crippen LogP contribution < -0.4 is 5.32 Å². The molecule has 0 aliphatic heterocycles. The molecular weight excluding hydrogens is 214 g/mol. The van der Waals surface area contributed by atoms with E-state index >= 15 is 0 Å². The predicted octanol–water partition coefficient (Wildman–Crippen LogP) is 2.09. The van der Waals surface area contributed by atoms with Gasteiger partial charge >= 0.3 is 0 Å². The number of rotatable bonds is 8. The van der Waals surface area contributed by atoms with E-state index < -0.39 is 0 Å². The number of unbranched alkanes of at least 4 members (excludes halogenated alkanes) is 2. The molecule has 0 rings (SSSR count). The summed E-state index contributed by atoms with van der Waals surface area (Å²) >= 11 is 0. The summed E-state index contributed by atoms with van der Waals surface area (Å²) in [5.41, 5.74) is 0. The Morgan fingerprint density at radius 2 is 2.12 bits per heavy atom. The van der Waals surface area contributed by atoms with Crippen LogP contribution in [0.3, 0.4) is 0 Å². The van der Waals surface area contributed by atoms with Crippen LogP contribution in [0, 0.1) is 17.8 Å². The lowest BCUT2D eigenvalue weighted by Crippen LogP contribution is -2.23. The van der Waals surface area contributed by atoms with Crippen LogP contribution in [0.1, 0.15) is 52.4 Å². The SMILES string of the molecule is CCCC(=O)NCCCCCC(C)C#CCO. The van der Waals surface area contributed by atoms with E-state index in [0.717, 1.165) is 38.6 Å². The van der Waals surface area contributed by atoms with Crippen molar-refractivity contribution in [3.05, 3.63) is 0 Å². The van der Waals surface area contributed by atoms with Crippen LogP contribution in [0.2, 0.25) is 0 Å². The molecule has 98 valence electrons. The highest BCUT2D eigenvalue weighted by molar-refractivity contribution is 5.75. The Bertz CT molecular complexity index is 253. The first-order chi connectivity index (χ1) is 8.20. The topological polar surface area (TPSA) is 49.3 Å². The lowest BCUT2D eigenvalue weighted by molar-refractivity contribution is -0.121. The van der Waals surface area contributed by atoms with Crippen LogP contribution in [0.15, 0.2) is 0 Å². The summed E-state index contributed by atoms with van der Waals surface area (Å²) in [5.74, 6) is 6.19. The van der Waals surface area contributed by atoms with Crippen LogP contribution in [-0.4, -0.2) is 24.2 Å². The van der Waals surface area contributed by atoms with Crippen molar-refractivity contribution < 1.29 is 9.90 Å². The molecule has 0 aromatic heterocycles. The fourth-order valence-electron chi connectivity index (χ4n) is 1.59. The van der Waals surface area contributed by atoms with Gasteiger partial charge in [0.15, 0.2) is 0 Å². The summed E-state index contributed by atoms with van der Waals surface area (Å²) in [6.45, 7) is 4.82. The van der Waals surface area contributed by atoms with E-state index in [9.17, 15) is 4.79 Å². The number of aliphatic hydroxyl groups excluding tert-OH is 1. The molecule has 0 radical (unpaired) electrons. The minimum atomic E-state index is -0.0478. The summed E-state index contributed by atoms with van der Waals surface area (Å²) in [6, 6.07) is 0. The van der Waals surface area contributed by atoms with Crippen molar-refractivity contribution in [2.75, 3.05) is 13.2 Å². The van der Waals surface area contributed by atoms with Crippen molar-refractivity contribution in [1.29, 1.82) is 0 Å². The Morgan fingerprint density at radius 3 is 2.76 bits per heavy atom. The van der Waals surface area contributed by atoms with Gasteiger partial charge in [-0.3, -0.25) is 4.79 Å². The lowest BCUT2D eigenvalue weighted by atomic mass is 10.0. The summed E-state index contributed by atoms with van der Waals surface area (Å²) in [6.07, 6.45) is 5.90. The molecule has 0 aliphatic carbocycles. The van der Waals surface area contributed by atoms with Gasteiger partial charge in [-0.15, -0.1) is 0 Å². The average Bonchev–Trinajstić information content (AvgIpc) is 2.31. The lowest BCUT2D eigenvalue weighted by Gasteiger charge is -2.05. The molecule has 3 heteroatoms. The number of aliphatic hydroxyl groups is 1. The Kier molecular flexibility index (Phi) is 10.8. The zero-order chi connectivity index (χ0) is 12.9. The van der Waals surface area contributed by atoms with E-state index in [4.69, 9.17) is 5.11 Å². The highest BCUT2D eigenvalue weighted by Crippen LogP contribution is 2.07. The maximum absolute atomic E-state index is 11.1. The van der Waals surface area contributed by atoms with Crippen LogP contribution in [0.5, 0.6) is 0 Å². The van der Waals surface area contributed by atoms with Crippen molar-refractivity contribution in [1.82, 2.24) is 5.32 Å². The quantitative estimate of drug-likeness (QED) is 0.503. The summed E-state index contributed by atoms with van der Waals surface area (Å²) in [4.78, 5) is 11.1. The second-order valence-corrected chi connectivity index (χ2v) is 4.33. The van der Waals surface area contributed by atoms with E-state index in [1.807, 2.05) is 6.92 Å². The van der Waals surface area contributed by atoms with Crippen molar-refractivity contribution in [2.45, 2.75) is 52.4 Å². The van der Waals surface area contributed by atoms with Crippen LogP contribution in [0.4, 0.5) is 0 Å². The van der Waals surface area contributed by atoms with Gasteiger partial charge in [-0.05, 0) is 19.3 Å². The van der Waals surface area contributed by atoms with Gasteiger partial charge in [0, 0.05) is 18.9 Å². The molecule has 1 amide bonds. The Hall–Kier alpha value is -1.01. The average molecular weight is 239 g/mol. The Morgan fingerprint density at radius 1 is 1.35 bits per heavy atom. The molecule has 0 saturated heterocycles. The fourth-order valence-corrected chi connectivity index (χ4v) is 1.59. The molecule has 0 bridgehead atoms. The number of carbonyl (C=O) groups is 1. The molecule has 0 aromatic carbocycles. The fraction of sp³-hybridized carbons (Fsp3) is 0.786. The molecule has 1 atom stereocenters. The van der Waals surface area contributed by atoms with Gasteiger partial charge in [-0.1, -0.05) is 38.5 Å². The van der Waals surface area contributed by atoms with Gasteiger partial charge in [0.25, 0.3) is 0 Å². The maximum Gasteiger partial charge on any atom is 0.219 e. The number of hydrogen-bond donors (Lipinski definition) is 2. The van der Waals surface area contributed by atoms with Crippen molar-refractivity contribution in [2.24, 2.45) is 5.92 Å². The van der Waals surface area contributed by atoms with Gasteiger partial charge in [0.2, 0.25) is 5.91 Å². The third-order valence-electron chi connectivity index (χ3n) is 2.54. The van der Waals surface area contributed by atoms with Gasteiger partial charge in [-0.2, -0.15) is 0 Å². The van der Waals surface area contributed by atoms with Gasteiger partial charge in [0.05, 0.1) is 0 Å². The van der Waals surface area contributed by atoms with Crippen LogP contribution in [0.25, 0.3) is 0 Å². The largest absolute Gasteiger partial charge is 0.384 e. The number of nitrogens with one attached hydrogen (secondary N) is 1. The second-order valence-electron chi connectivity index (χ2n) is 4.33. The van der Waals surface area contributed by atoms with Crippen LogP contribution >= 0.6 is 0 Å². The first-order valence-electron chi connectivity index (χ1n) is 6.56. The third-order valence-corrected chi connectivity index (χ3v) is 2.54. The normalized spacial score (nSPS) is 11.5. The molecule has 0 aliphatic rings. The zero-order valence-electron chi connectivity index (χ0n) is 11.1. The highest BCUT2D eigenvalue weighted by Gasteiger charge is 1.99. The van der Waals surface area contributed by atoms with Crippen molar-refractivity contribution in [3.8, 4) is 11.8 Å². The molecule has 17 heavy (non-hydrogen) atoms.